The Morgan fingerprint density at radius 3 is 2.67 bits per heavy atom. The number of fused-ring (bicyclic) bond motifs is 3. The molecule has 6 nitrogen and oxygen atoms in total. The van der Waals surface area contributed by atoms with Crippen molar-refractivity contribution in [2.45, 2.75) is 52.7 Å². The zero-order valence-corrected chi connectivity index (χ0v) is 19.2. The lowest BCUT2D eigenvalue weighted by Crippen LogP contribution is -2.34. The molecule has 0 amide bonds. The van der Waals surface area contributed by atoms with E-state index >= 15 is 0 Å². The molecule has 0 atom stereocenters. The summed E-state index contributed by atoms with van der Waals surface area (Å²) in [6, 6.07) is 9.89. The highest BCUT2D eigenvalue weighted by Gasteiger charge is 2.25. The molecule has 0 N–H and O–H groups in total. The second-order valence-electron chi connectivity index (χ2n) is 8.71. The van der Waals surface area contributed by atoms with E-state index in [2.05, 4.69) is 4.90 Å². The highest BCUT2D eigenvalue weighted by molar-refractivity contribution is 5.86. The molecule has 1 aliphatic rings. The van der Waals surface area contributed by atoms with Crippen molar-refractivity contribution in [3.05, 3.63) is 74.9 Å². The van der Waals surface area contributed by atoms with Gasteiger partial charge in [-0.2, -0.15) is 0 Å². The van der Waals surface area contributed by atoms with Crippen LogP contribution in [0.1, 0.15) is 42.5 Å². The Bertz CT molecular complexity index is 1220. The first-order chi connectivity index (χ1) is 15.8. The van der Waals surface area contributed by atoms with Gasteiger partial charge < -0.3 is 13.9 Å². The number of hydrogen-bond acceptors (Lipinski definition) is 6. The molecule has 0 bridgehead atoms. The monoisotopic (exact) mass is 453 g/mol. The van der Waals surface area contributed by atoms with Crippen molar-refractivity contribution in [2.24, 2.45) is 0 Å². The normalized spacial score (nSPS) is 13.7. The Morgan fingerprint density at radius 1 is 1.18 bits per heavy atom. The lowest BCUT2D eigenvalue weighted by Gasteiger charge is -2.31. The number of hydrogen-bond donors (Lipinski definition) is 0. The van der Waals surface area contributed by atoms with E-state index < -0.39 is 5.63 Å². The Hall–Kier alpha value is -3.19. The largest absolute Gasteiger partial charge is 0.477 e. The summed E-state index contributed by atoms with van der Waals surface area (Å²) in [5.41, 5.74) is 3.68. The van der Waals surface area contributed by atoms with Crippen molar-refractivity contribution in [1.29, 1.82) is 0 Å². The van der Waals surface area contributed by atoms with E-state index in [4.69, 9.17) is 13.9 Å². The summed E-state index contributed by atoms with van der Waals surface area (Å²) in [5, 5.41) is 0.838. The van der Waals surface area contributed by atoms with Crippen LogP contribution in [-0.4, -0.2) is 30.2 Å². The molecular weight excluding hydrogens is 425 g/mol. The number of carbonyl (C=O) groups excluding carboxylic acids is 1. The molecule has 0 saturated carbocycles. The smallest absolute Gasteiger partial charge is 0.336 e. The van der Waals surface area contributed by atoms with Gasteiger partial charge in [-0.05, 0) is 68.5 Å². The van der Waals surface area contributed by atoms with Crippen LogP contribution in [0.3, 0.4) is 0 Å². The summed E-state index contributed by atoms with van der Waals surface area (Å²) >= 11 is 0. The molecule has 0 spiro atoms. The van der Waals surface area contributed by atoms with Gasteiger partial charge in [0.2, 0.25) is 0 Å². The summed E-state index contributed by atoms with van der Waals surface area (Å²) in [4.78, 5) is 26.3. The van der Waals surface area contributed by atoms with Crippen molar-refractivity contribution >= 4 is 16.9 Å². The summed E-state index contributed by atoms with van der Waals surface area (Å²) in [7, 11) is 0. The maximum atomic E-state index is 13.2. The van der Waals surface area contributed by atoms with Crippen LogP contribution in [0.5, 0.6) is 5.75 Å². The van der Waals surface area contributed by atoms with Gasteiger partial charge in [0, 0.05) is 31.0 Å². The Labute approximate surface area is 191 Å². The fourth-order valence-corrected chi connectivity index (χ4v) is 4.13. The van der Waals surface area contributed by atoms with Crippen molar-refractivity contribution in [1.82, 2.24) is 4.90 Å². The van der Waals surface area contributed by atoms with Crippen molar-refractivity contribution in [3.63, 3.8) is 0 Å². The zero-order chi connectivity index (χ0) is 23.5. The fourth-order valence-electron chi connectivity index (χ4n) is 4.13. The Balaban J connectivity index is 1.61. The summed E-state index contributed by atoms with van der Waals surface area (Å²) in [6.45, 7) is 7.14. The molecule has 2 heterocycles. The van der Waals surface area contributed by atoms with Crippen LogP contribution in [0.25, 0.3) is 11.0 Å². The van der Waals surface area contributed by atoms with Gasteiger partial charge in [-0.25, -0.2) is 9.18 Å². The van der Waals surface area contributed by atoms with Crippen molar-refractivity contribution in [3.8, 4) is 5.75 Å². The topological polar surface area (TPSA) is 69.0 Å². The van der Waals surface area contributed by atoms with Gasteiger partial charge in [0.15, 0.2) is 0 Å². The van der Waals surface area contributed by atoms with Gasteiger partial charge in [0.25, 0.3) is 0 Å². The maximum Gasteiger partial charge on any atom is 0.336 e. The number of benzene rings is 2. The number of nitrogens with zero attached hydrogens (tertiary/aromatic N) is 1. The van der Waals surface area contributed by atoms with Crippen molar-refractivity contribution in [2.75, 3.05) is 13.3 Å². The number of halogens is 1. The number of rotatable bonds is 7. The molecule has 2 aromatic carbocycles. The van der Waals surface area contributed by atoms with E-state index in [9.17, 15) is 14.0 Å². The Morgan fingerprint density at radius 2 is 1.94 bits per heavy atom. The lowest BCUT2D eigenvalue weighted by atomic mass is 9.97. The third-order valence-corrected chi connectivity index (χ3v) is 5.73. The van der Waals surface area contributed by atoms with Crippen LogP contribution in [0.15, 0.2) is 45.6 Å². The van der Waals surface area contributed by atoms with Crippen molar-refractivity contribution < 1.29 is 23.1 Å². The number of esters is 1. The second-order valence-corrected chi connectivity index (χ2v) is 8.71. The van der Waals surface area contributed by atoms with Crippen LogP contribution < -0.4 is 10.4 Å². The summed E-state index contributed by atoms with van der Waals surface area (Å²) < 4.78 is 30.2. The SMILES string of the molecule is Cc1cc(=O)oc2c3c(c(CCC(=O)OC(C)C)cc12)OCN(CCc1ccc(F)cc1)C3. The molecule has 33 heavy (non-hydrogen) atoms. The van der Waals surface area contributed by atoms with Crippen LogP contribution in [0, 0.1) is 12.7 Å². The highest BCUT2D eigenvalue weighted by Crippen LogP contribution is 2.37. The first-order valence-corrected chi connectivity index (χ1v) is 11.2. The molecule has 1 aliphatic heterocycles. The van der Waals surface area contributed by atoms with E-state index in [-0.39, 0.29) is 24.3 Å². The molecule has 3 aromatic rings. The van der Waals surface area contributed by atoms with E-state index in [1.54, 1.807) is 12.1 Å². The number of ether oxygens (including phenoxy) is 2. The first-order valence-electron chi connectivity index (χ1n) is 11.2. The van der Waals surface area contributed by atoms with Gasteiger partial charge in [-0.15, -0.1) is 0 Å². The molecule has 0 unspecified atom stereocenters. The van der Waals surface area contributed by atoms with Crippen LogP contribution >= 0.6 is 0 Å². The molecule has 4 rings (SSSR count). The average Bonchev–Trinajstić information content (AvgIpc) is 2.77. The van der Waals surface area contributed by atoms with Gasteiger partial charge >= 0.3 is 11.6 Å². The third-order valence-electron chi connectivity index (χ3n) is 5.73. The predicted octanol–water partition coefficient (Wildman–Crippen LogP) is 4.52. The fraction of sp³-hybridized carbons (Fsp3) is 0.385. The van der Waals surface area contributed by atoms with E-state index in [0.717, 1.165) is 34.1 Å². The Kier molecular flexibility index (Phi) is 6.79. The van der Waals surface area contributed by atoms with Gasteiger partial charge in [-0.1, -0.05) is 12.1 Å². The minimum absolute atomic E-state index is 0.162. The summed E-state index contributed by atoms with van der Waals surface area (Å²) in [5.74, 6) is 0.161. The zero-order valence-electron chi connectivity index (χ0n) is 19.2. The maximum absolute atomic E-state index is 13.2. The highest BCUT2D eigenvalue weighted by atomic mass is 19.1. The van der Waals surface area contributed by atoms with E-state index in [0.29, 0.717) is 37.6 Å². The van der Waals surface area contributed by atoms with Crippen LogP contribution in [0.4, 0.5) is 4.39 Å². The molecular formula is C26H28FNO5. The molecule has 0 saturated heterocycles. The molecule has 0 fully saturated rings. The number of aryl methyl sites for hydroxylation is 2. The van der Waals surface area contributed by atoms with E-state index in [1.807, 2.05) is 26.8 Å². The quantitative estimate of drug-likeness (QED) is 0.387. The molecule has 174 valence electrons. The molecule has 1 aromatic heterocycles. The minimum Gasteiger partial charge on any atom is -0.477 e. The van der Waals surface area contributed by atoms with Crippen LogP contribution in [-0.2, 0) is 28.9 Å². The summed E-state index contributed by atoms with van der Waals surface area (Å²) in [6.07, 6.45) is 1.28. The van der Waals surface area contributed by atoms with Crippen LogP contribution in [0.2, 0.25) is 0 Å². The lowest BCUT2D eigenvalue weighted by molar-refractivity contribution is -0.147. The van der Waals surface area contributed by atoms with Gasteiger partial charge in [0.1, 0.15) is 23.9 Å². The molecule has 0 radical (unpaired) electrons. The standard InChI is InChI=1S/C26H28FNO5/c1-16(2)32-23(29)9-6-19-13-21-17(3)12-24(30)33-26(21)22-14-28(15-31-25(19)22)11-10-18-4-7-20(27)8-5-18/h4-5,7-8,12-13,16H,6,9-11,14-15H2,1-3H3. The second kappa shape index (κ2) is 9.75. The average molecular weight is 454 g/mol. The third kappa shape index (κ3) is 5.42. The number of carbonyl (C=O) groups is 1. The van der Waals surface area contributed by atoms with Gasteiger partial charge in [0.05, 0.1) is 11.7 Å². The molecule has 0 aliphatic carbocycles. The first kappa shape index (κ1) is 23.0. The predicted molar refractivity (Wildman–Crippen MR) is 123 cm³/mol. The molecule has 7 heteroatoms. The van der Waals surface area contributed by atoms with E-state index in [1.165, 1.54) is 18.2 Å². The minimum atomic E-state index is -0.404. The van der Waals surface area contributed by atoms with Gasteiger partial charge in [-0.3, -0.25) is 9.69 Å².